The molecule has 3 aliphatic heterocycles. The SMILES string of the molecule is [3H]C([3H])([3H])O[C@]1([3H])C[C@H](C[C@@H](C)[C@@H]2CC(=O)[C@H](C)C[C@H](C)[C@@H](O)[C@@H](OC)C(=O)[C@H](C)C[C@H](C)\C=C/C=C/C=C(\C)[C@@H](OC)C[C@@H]3CC[C@@H](C)[C@@](O)(O3)C(=O)C(=O)N3CCCC[C@@]3([3H])C(=O)O2)CC([3H])([3H])[C@@]1([3H])OCCO[Si](c1ccccc1)(c1ccccc1)C(C)(C)C. The largest absolute Gasteiger partial charge is 0.460 e. The zero-order valence-corrected chi connectivity index (χ0v) is 53.4. The second-order valence-corrected chi connectivity index (χ2v) is 29.8. The fourth-order valence-corrected chi connectivity index (χ4v) is 17.4. The molecule has 3 fully saturated rings. The third kappa shape index (κ3) is 17.6. The lowest BCUT2D eigenvalue weighted by Gasteiger charge is -2.43. The van der Waals surface area contributed by atoms with Crippen LogP contribution < -0.4 is 10.4 Å². The number of rotatable bonds is 13. The van der Waals surface area contributed by atoms with Gasteiger partial charge >= 0.3 is 5.97 Å². The summed E-state index contributed by atoms with van der Waals surface area (Å²) in [5, 5.41) is 25.4. The number of benzene rings is 2. The number of carbonyl (C=O) groups excluding carboxylic acids is 5. The van der Waals surface area contributed by atoms with Crippen LogP contribution in [0.1, 0.15) is 164 Å². The molecule has 2 bridgehead atoms. The summed E-state index contributed by atoms with van der Waals surface area (Å²) in [5.74, 6) is -12.5. The summed E-state index contributed by atoms with van der Waals surface area (Å²) >= 11 is 0. The summed E-state index contributed by atoms with van der Waals surface area (Å²) in [6, 6.07) is 16.9. The molecule has 4 aliphatic rings. The number of hydrogen-bond donors (Lipinski definition) is 2. The minimum absolute atomic E-state index is 0.0310. The summed E-state index contributed by atoms with van der Waals surface area (Å²) in [6.45, 7) is 17.4. The number of Topliss-reactive ketones (excluding diaryl/α,β-unsaturated/α-hetero) is 3. The number of fused-ring (bicyclic) bond motifs is 3. The van der Waals surface area contributed by atoms with Crippen LogP contribution in [-0.2, 0) is 56.8 Å². The molecule has 0 radical (unpaired) electrons. The standard InChI is InChI=1S/C69H103NO14Si/c1-45-25-17-14-18-26-46(2)59(78-11)43-53-34-32-51(7)69(77,84-53)65(74)66(75)70-36-24-23-31-56(70)67(76)83-60(44-57(71)47(3)40-50(6)63(73)64(80-13)62(72)49(5)39-45)48(4)41-52-33-35-58(61(42-52)79-12)81-37-38-82-85(68(8,9)10,54-27-19-15-20-28-54)55-29-21-16-22-30-55/h14-22,25-30,45,47-53,56,58-61,63-64,73,77H,23-24,31-44H2,1-13H3/b18-14+,25-17-,46-26+/t45-,47-,48-,49-,50+,51-,52+,53+,56+,58-,59+,60+,61-,63-,64+,69-/m1/s1/i12T3,35T2,56T,58T,61T. The van der Waals surface area contributed by atoms with Crippen molar-refractivity contribution in [1.82, 2.24) is 4.90 Å². The third-order valence-corrected chi connectivity index (χ3v) is 23.0. The number of nitrogens with zero attached hydrogens (tertiary/aromatic N) is 1. The van der Waals surface area contributed by atoms with Crippen LogP contribution in [0.15, 0.2) is 96.6 Å². The molecule has 16 heteroatoms. The number of aliphatic hydroxyl groups is 2. The number of carbonyl (C=O) groups is 5. The van der Waals surface area contributed by atoms with Crippen molar-refractivity contribution in [2.24, 2.45) is 41.4 Å². The molecular weight excluding hydrogens is 1090 g/mol. The molecule has 16 atom stereocenters. The average Bonchev–Trinajstić information content (AvgIpc) is 0.732. The predicted molar refractivity (Wildman–Crippen MR) is 332 cm³/mol. The molecule has 1 amide bonds. The van der Waals surface area contributed by atoms with E-state index in [1.807, 2.05) is 105 Å². The Hall–Kier alpha value is -4.49. The number of ketones is 3. The molecule has 85 heavy (non-hydrogen) atoms. The average molecular weight is 1210 g/mol. The van der Waals surface area contributed by atoms with E-state index >= 15 is 4.79 Å². The third-order valence-electron chi connectivity index (χ3n) is 18.0. The van der Waals surface area contributed by atoms with Crippen molar-refractivity contribution < 1.29 is 78.0 Å². The van der Waals surface area contributed by atoms with Gasteiger partial charge in [0.2, 0.25) is 5.79 Å². The van der Waals surface area contributed by atoms with Crippen LogP contribution in [0.4, 0.5) is 0 Å². The minimum Gasteiger partial charge on any atom is -0.460 e. The summed E-state index contributed by atoms with van der Waals surface area (Å²) in [5.41, 5.74) is 0.802. The number of piperidine rings is 1. The van der Waals surface area contributed by atoms with Crippen molar-refractivity contribution in [3.05, 3.63) is 96.6 Å². The second-order valence-electron chi connectivity index (χ2n) is 25.5. The van der Waals surface area contributed by atoms with Gasteiger partial charge in [-0.15, -0.1) is 0 Å². The Bertz CT molecular complexity index is 2910. The maximum atomic E-state index is 15.0. The fraction of sp³-hybridized carbons (Fsp3) is 0.667. The van der Waals surface area contributed by atoms with Crippen LogP contribution in [0.3, 0.4) is 0 Å². The molecule has 1 aliphatic carbocycles. The molecule has 0 aromatic heterocycles. The summed E-state index contributed by atoms with van der Waals surface area (Å²) in [4.78, 5) is 73.8. The van der Waals surface area contributed by atoms with Crippen LogP contribution in [0, 0.1) is 41.4 Å². The molecule has 2 aromatic carbocycles. The lowest BCUT2D eigenvalue weighted by Crippen LogP contribution is -2.66. The molecule has 0 unspecified atom stereocenters. The van der Waals surface area contributed by atoms with E-state index in [1.54, 1.807) is 34.6 Å². The van der Waals surface area contributed by atoms with E-state index in [1.165, 1.54) is 14.2 Å². The van der Waals surface area contributed by atoms with Crippen molar-refractivity contribution in [2.75, 3.05) is 41.0 Å². The van der Waals surface area contributed by atoms with Crippen LogP contribution >= 0.6 is 0 Å². The highest BCUT2D eigenvalue weighted by Crippen LogP contribution is 2.40. The summed E-state index contributed by atoms with van der Waals surface area (Å²) < 4.78 is 116. The number of esters is 1. The molecule has 472 valence electrons. The van der Waals surface area contributed by atoms with Gasteiger partial charge in [0.25, 0.3) is 20.0 Å². The van der Waals surface area contributed by atoms with E-state index in [-0.39, 0.29) is 69.8 Å². The molecule has 6 rings (SSSR count). The van der Waals surface area contributed by atoms with E-state index in [4.69, 9.17) is 37.0 Å². The highest BCUT2D eigenvalue weighted by molar-refractivity contribution is 6.99. The van der Waals surface area contributed by atoms with Gasteiger partial charge in [-0.1, -0.05) is 153 Å². The van der Waals surface area contributed by atoms with Crippen LogP contribution in [0.2, 0.25) is 5.04 Å². The zero-order chi connectivity index (χ0) is 69.3. The van der Waals surface area contributed by atoms with E-state index in [2.05, 4.69) is 20.8 Å². The number of ether oxygens (including phenoxy) is 6. The highest BCUT2D eigenvalue weighted by Gasteiger charge is 2.54. The monoisotopic (exact) mass is 1210 g/mol. The van der Waals surface area contributed by atoms with Crippen LogP contribution in [0.25, 0.3) is 0 Å². The maximum absolute atomic E-state index is 15.0. The quantitative estimate of drug-likeness (QED) is 0.0833. The maximum Gasteiger partial charge on any atom is 0.329 e. The fourth-order valence-electron chi connectivity index (χ4n) is 12.9. The number of hydrogen-bond acceptors (Lipinski definition) is 14. The van der Waals surface area contributed by atoms with Gasteiger partial charge in [-0.05, 0) is 122 Å². The van der Waals surface area contributed by atoms with Crippen LogP contribution in [-0.4, -0.2) is 148 Å². The predicted octanol–water partition coefficient (Wildman–Crippen LogP) is 9.86. The number of cyclic esters (lactones) is 1. The van der Waals surface area contributed by atoms with E-state index in [0.717, 1.165) is 20.8 Å². The van der Waals surface area contributed by atoms with Crippen molar-refractivity contribution in [3.63, 3.8) is 0 Å². The number of amides is 1. The van der Waals surface area contributed by atoms with Gasteiger partial charge in [-0.3, -0.25) is 19.2 Å². The lowest BCUT2D eigenvalue weighted by atomic mass is 9.78. The van der Waals surface area contributed by atoms with E-state index < -0.39 is 166 Å². The van der Waals surface area contributed by atoms with Gasteiger partial charge in [0.05, 0.1) is 51.9 Å². The Morgan fingerprint density at radius 2 is 1.51 bits per heavy atom. The minimum atomic E-state index is -3.33. The first-order chi connectivity index (χ1) is 43.3. The van der Waals surface area contributed by atoms with Gasteiger partial charge in [0.15, 0.2) is 5.78 Å². The molecule has 15 nitrogen and oxygen atoms in total. The van der Waals surface area contributed by atoms with Crippen LogP contribution in [0.5, 0.6) is 0 Å². The van der Waals surface area contributed by atoms with Crippen molar-refractivity contribution >= 4 is 47.9 Å². The molecular formula is C69H103NO14Si. The molecule has 3 heterocycles. The van der Waals surface area contributed by atoms with E-state index in [9.17, 15) is 36.2 Å². The molecule has 2 aromatic rings. The molecule has 2 saturated heterocycles. The lowest BCUT2D eigenvalue weighted by molar-refractivity contribution is -0.265. The number of aliphatic hydroxyl groups excluding tert-OH is 1. The Balaban J connectivity index is 1.34. The smallest absolute Gasteiger partial charge is 0.329 e. The molecule has 1 saturated carbocycles. The summed E-state index contributed by atoms with van der Waals surface area (Å²) in [7, 11) is -3.66. The molecule has 0 spiro atoms. The van der Waals surface area contributed by atoms with Gasteiger partial charge < -0.3 is 48.0 Å². The Morgan fingerprint density at radius 1 is 0.824 bits per heavy atom. The van der Waals surface area contributed by atoms with Gasteiger partial charge in [0.1, 0.15) is 24.0 Å². The van der Waals surface area contributed by atoms with Crippen molar-refractivity contribution in [1.29, 1.82) is 0 Å². The second kappa shape index (κ2) is 32.1. The van der Waals surface area contributed by atoms with Gasteiger partial charge in [-0.25, -0.2) is 4.79 Å². The van der Waals surface area contributed by atoms with E-state index in [0.29, 0.717) is 12.8 Å². The van der Waals surface area contributed by atoms with Gasteiger partial charge in [0, 0.05) is 61.1 Å². The number of allylic oxidation sites excluding steroid dienone is 5. The Kier molecular flexibility index (Phi) is 22.0. The first kappa shape index (κ1) is 58.2. The summed E-state index contributed by atoms with van der Waals surface area (Å²) in [6.07, 6.45) is -4.89. The topological polar surface area (TPSA) is 194 Å². The normalized spacial score (nSPS) is 39.1. The first-order valence-electron chi connectivity index (χ1n) is 34.7. The van der Waals surface area contributed by atoms with Crippen molar-refractivity contribution in [2.45, 2.75) is 212 Å². The molecule has 2 N–H and O–H groups in total. The Morgan fingerprint density at radius 3 is 2.14 bits per heavy atom. The highest BCUT2D eigenvalue weighted by atomic mass is 28.4. The first-order valence-corrected chi connectivity index (χ1v) is 32.6. The number of methoxy groups -OCH3 is 3. The zero-order valence-electron chi connectivity index (χ0n) is 60.4. The Labute approximate surface area is 520 Å². The van der Waals surface area contributed by atoms with Crippen molar-refractivity contribution in [3.8, 4) is 0 Å². The van der Waals surface area contributed by atoms with Gasteiger partial charge in [-0.2, -0.15) is 0 Å².